The van der Waals surface area contributed by atoms with Gasteiger partial charge in [0.2, 0.25) is 0 Å². The lowest BCUT2D eigenvalue weighted by Gasteiger charge is -1.92. The second kappa shape index (κ2) is 6.35. The van der Waals surface area contributed by atoms with Crippen molar-refractivity contribution in [1.82, 2.24) is 19.9 Å². The van der Waals surface area contributed by atoms with Gasteiger partial charge >= 0.3 is 0 Å². The molecule has 8 bridgehead atoms. The van der Waals surface area contributed by atoms with Gasteiger partial charge in [-0.05, 0) is 93.9 Å². The summed E-state index contributed by atoms with van der Waals surface area (Å²) in [6.07, 6.45) is 3.79. The van der Waals surface area contributed by atoms with E-state index in [9.17, 15) is 0 Å². The Hall–Kier alpha value is -1.92. The van der Waals surface area contributed by atoms with Crippen molar-refractivity contribution in [3.63, 3.8) is 0 Å². The third-order valence-corrected chi connectivity index (χ3v) is 6.60. The molecule has 2 aliphatic rings. The maximum absolute atomic E-state index is 4.82. The number of nitrogens with zero attached hydrogens (tertiary/aromatic N) is 2. The molecule has 0 atom stereocenters. The number of hydrogen-bond donors (Lipinski definition) is 2. The molecule has 0 radical (unpaired) electrons. The van der Waals surface area contributed by atoms with Crippen LogP contribution in [0.4, 0.5) is 0 Å². The molecule has 130 valence electrons. The van der Waals surface area contributed by atoms with Crippen LogP contribution in [0, 0.1) is 0 Å². The number of H-pyrrole nitrogens is 2. The second-order valence-corrected chi connectivity index (χ2v) is 8.26. The van der Waals surface area contributed by atoms with Gasteiger partial charge in [-0.15, -0.1) is 0 Å². The minimum Gasteiger partial charge on any atom is -0.354 e. The first-order valence-corrected chi connectivity index (χ1v) is 10.2. The van der Waals surface area contributed by atoms with Crippen molar-refractivity contribution in [3.05, 3.63) is 68.1 Å². The minimum atomic E-state index is 0.943. The average molecular weight is 472 g/mol. The topological polar surface area (TPSA) is 57.4 Å². The van der Waals surface area contributed by atoms with E-state index in [1.807, 2.05) is 0 Å². The Labute approximate surface area is 167 Å². The van der Waals surface area contributed by atoms with Crippen molar-refractivity contribution in [2.45, 2.75) is 25.7 Å². The van der Waals surface area contributed by atoms with Crippen molar-refractivity contribution in [2.24, 2.45) is 0 Å². The maximum atomic E-state index is 4.82. The number of aromatic amines is 2. The molecule has 5 heterocycles. The third-order valence-electron chi connectivity index (χ3n) is 4.83. The first-order chi connectivity index (χ1) is 12.7. The van der Waals surface area contributed by atoms with Gasteiger partial charge in [0.15, 0.2) is 0 Å². The molecule has 4 nitrogen and oxygen atoms in total. The maximum Gasteiger partial charge on any atom is 0.0625 e. The molecule has 0 spiro atoms. The SMILES string of the molecule is Brc1c2nc(cc3ccc([nH]3)c(Br)c3nc(cc4ccc1[nH]4)CC3)CC2. The molecule has 3 aromatic rings. The molecule has 0 saturated carbocycles. The van der Waals surface area contributed by atoms with Crippen molar-refractivity contribution in [2.75, 3.05) is 0 Å². The van der Waals surface area contributed by atoms with Crippen LogP contribution in [-0.4, -0.2) is 19.9 Å². The lowest BCUT2D eigenvalue weighted by Crippen LogP contribution is -1.81. The Morgan fingerprint density at radius 2 is 1.12 bits per heavy atom. The average Bonchev–Trinajstić information content (AvgIpc) is 3.41. The summed E-state index contributed by atoms with van der Waals surface area (Å²) in [7, 11) is 0. The number of aromatic nitrogens is 4. The standard InChI is InChI=1S/C20H16Br2N4/c21-19-15-5-1-11(23-15)9-12-2-6-17(24-12)20(22)18-8-4-14(26-18)10-13-3-7-16(19)25-13/h1,4-5,8-10,23,26H,2-3,6-7H2. The molecule has 0 amide bonds. The number of fused-ring (bicyclic) bond motifs is 8. The predicted molar refractivity (Wildman–Crippen MR) is 111 cm³/mol. The van der Waals surface area contributed by atoms with Gasteiger partial charge in [-0.1, -0.05) is 0 Å². The predicted octanol–water partition coefficient (Wildman–Crippen LogP) is 5.41. The molecule has 0 aromatic carbocycles. The Balaban J connectivity index is 1.87. The Bertz CT molecular complexity index is 1080. The summed E-state index contributed by atoms with van der Waals surface area (Å²) in [4.78, 5) is 16.6. The van der Waals surface area contributed by atoms with E-state index in [-0.39, 0.29) is 0 Å². The highest BCUT2D eigenvalue weighted by molar-refractivity contribution is 9.11. The first kappa shape index (κ1) is 16.3. The third kappa shape index (κ3) is 2.91. The van der Waals surface area contributed by atoms with Gasteiger partial charge in [0, 0.05) is 22.4 Å². The van der Waals surface area contributed by atoms with E-state index in [1.165, 1.54) is 0 Å². The van der Waals surface area contributed by atoms with Crippen LogP contribution in [0.1, 0.15) is 22.8 Å². The zero-order valence-corrected chi connectivity index (χ0v) is 17.1. The van der Waals surface area contributed by atoms with Crippen LogP contribution < -0.4 is 0 Å². The second-order valence-electron chi connectivity index (χ2n) is 6.67. The molecular formula is C20H16Br2N4. The fourth-order valence-electron chi connectivity index (χ4n) is 3.51. The van der Waals surface area contributed by atoms with Crippen molar-refractivity contribution < 1.29 is 0 Å². The van der Waals surface area contributed by atoms with Gasteiger partial charge in [-0.25, -0.2) is 0 Å². The number of aryl methyl sites for hydroxylation is 4. The number of rotatable bonds is 0. The zero-order valence-electron chi connectivity index (χ0n) is 13.9. The molecule has 5 rings (SSSR count). The highest BCUT2D eigenvalue weighted by Crippen LogP contribution is 2.26. The van der Waals surface area contributed by atoms with E-state index in [1.54, 1.807) is 0 Å². The van der Waals surface area contributed by atoms with E-state index in [4.69, 9.17) is 9.97 Å². The van der Waals surface area contributed by atoms with Crippen LogP contribution in [-0.2, 0) is 25.7 Å². The van der Waals surface area contributed by atoms with Gasteiger partial charge in [0.1, 0.15) is 0 Å². The van der Waals surface area contributed by atoms with Gasteiger partial charge in [-0.3, -0.25) is 9.97 Å². The highest BCUT2D eigenvalue weighted by atomic mass is 79.9. The normalized spacial score (nSPS) is 13.9. The largest absolute Gasteiger partial charge is 0.354 e. The summed E-state index contributed by atoms with van der Waals surface area (Å²) >= 11 is 7.47. The summed E-state index contributed by atoms with van der Waals surface area (Å²) in [5.74, 6) is 0. The van der Waals surface area contributed by atoms with Crippen LogP contribution in [0.25, 0.3) is 22.1 Å². The number of halogens is 2. The van der Waals surface area contributed by atoms with Gasteiger partial charge < -0.3 is 9.97 Å². The molecule has 0 fully saturated rings. The smallest absolute Gasteiger partial charge is 0.0625 e. The summed E-state index contributed by atoms with van der Waals surface area (Å²) in [6.45, 7) is 0. The summed E-state index contributed by atoms with van der Waals surface area (Å²) in [5, 5.41) is 0. The Morgan fingerprint density at radius 1 is 0.654 bits per heavy atom. The monoisotopic (exact) mass is 470 g/mol. The van der Waals surface area contributed by atoms with Crippen molar-refractivity contribution in [3.8, 4) is 0 Å². The molecule has 2 aliphatic heterocycles. The van der Waals surface area contributed by atoms with Crippen molar-refractivity contribution >= 4 is 53.9 Å². The molecule has 26 heavy (non-hydrogen) atoms. The van der Waals surface area contributed by atoms with E-state index >= 15 is 0 Å². The number of nitrogens with one attached hydrogen (secondary N) is 2. The van der Waals surface area contributed by atoms with Crippen LogP contribution in [0.2, 0.25) is 0 Å². The summed E-state index contributed by atoms with van der Waals surface area (Å²) in [6, 6.07) is 12.6. The van der Waals surface area contributed by atoms with Gasteiger partial charge in [-0.2, -0.15) is 0 Å². The Kier molecular flexibility index (Phi) is 3.98. The quantitative estimate of drug-likeness (QED) is 0.460. The van der Waals surface area contributed by atoms with E-state index in [2.05, 4.69) is 78.2 Å². The van der Waals surface area contributed by atoms with E-state index in [0.717, 1.165) is 79.5 Å². The van der Waals surface area contributed by atoms with Crippen molar-refractivity contribution in [1.29, 1.82) is 0 Å². The summed E-state index contributed by atoms with van der Waals surface area (Å²) in [5.41, 5.74) is 8.62. The Morgan fingerprint density at radius 3 is 1.58 bits per heavy atom. The van der Waals surface area contributed by atoms with E-state index < -0.39 is 0 Å². The zero-order chi connectivity index (χ0) is 17.7. The minimum absolute atomic E-state index is 0.943. The molecule has 0 unspecified atom stereocenters. The van der Waals surface area contributed by atoms with Crippen LogP contribution >= 0.6 is 31.9 Å². The number of hydrogen-bond acceptors (Lipinski definition) is 2. The fourth-order valence-corrected chi connectivity index (χ4v) is 4.54. The van der Waals surface area contributed by atoms with Crippen LogP contribution in [0.3, 0.4) is 0 Å². The highest BCUT2D eigenvalue weighted by Gasteiger charge is 2.13. The first-order valence-electron chi connectivity index (χ1n) is 8.66. The molecule has 3 aromatic heterocycles. The molecular weight excluding hydrogens is 456 g/mol. The lowest BCUT2D eigenvalue weighted by atomic mass is 10.2. The van der Waals surface area contributed by atoms with Crippen LogP contribution in [0.5, 0.6) is 0 Å². The molecule has 6 heteroatoms. The molecule has 0 aliphatic carbocycles. The van der Waals surface area contributed by atoms with Gasteiger partial charge in [0.05, 0.1) is 31.4 Å². The van der Waals surface area contributed by atoms with Gasteiger partial charge in [0.25, 0.3) is 0 Å². The molecule has 2 N–H and O–H groups in total. The van der Waals surface area contributed by atoms with Crippen LogP contribution in [0.15, 0.2) is 45.3 Å². The lowest BCUT2D eigenvalue weighted by molar-refractivity contribution is 1.02. The fraction of sp³-hybridized carbons (Fsp3) is 0.200. The molecule has 0 saturated heterocycles. The summed E-state index contributed by atoms with van der Waals surface area (Å²) < 4.78 is 2.08. The van der Waals surface area contributed by atoms with E-state index in [0.29, 0.717) is 0 Å².